The van der Waals surface area contributed by atoms with Crippen LogP contribution in [0.15, 0.2) is 18.2 Å². The zero-order valence-electron chi connectivity index (χ0n) is 12.9. The van der Waals surface area contributed by atoms with Crippen LogP contribution in [0.5, 0.6) is 0 Å². The van der Waals surface area contributed by atoms with Crippen LogP contribution in [0.3, 0.4) is 0 Å². The smallest absolute Gasteiger partial charge is 0.0540 e. The first kappa shape index (κ1) is 14.6. The lowest BCUT2D eigenvalue weighted by atomic mass is 9.80. The van der Waals surface area contributed by atoms with Gasteiger partial charge in [0.2, 0.25) is 0 Å². The second-order valence-electron chi connectivity index (χ2n) is 7.27. The van der Waals surface area contributed by atoms with Gasteiger partial charge in [-0.15, -0.1) is 0 Å². The highest BCUT2D eigenvalue weighted by Crippen LogP contribution is 2.30. The molecule has 0 aliphatic heterocycles. The Bertz CT molecular complexity index is 420. The standard InChI is InChI=1S/C18H28O/c1-13-5-8-16(18(2,3)4)12-15(13)11-14-6-9-17(19)10-7-14/h5,8,12,14,17,19H,6-7,9-11H2,1-4H3. The maximum absolute atomic E-state index is 9.60. The number of hydrogen-bond donors (Lipinski definition) is 1. The predicted octanol–water partition coefficient (Wildman–Crippen LogP) is 4.39. The molecule has 0 unspecified atom stereocenters. The predicted molar refractivity (Wildman–Crippen MR) is 81.5 cm³/mol. The summed E-state index contributed by atoms with van der Waals surface area (Å²) in [5, 5.41) is 9.60. The normalized spacial score (nSPS) is 24.5. The van der Waals surface area contributed by atoms with Gasteiger partial charge in [0.1, 0.15) is 0 Å². The van der Waals surface area contributed by atoms with Crippen LogP contribution in [0, 0.1) is 12.8 Å². The van der Waals surface area contributed by atoms with Gasteiger partial charge in [0.05, 0.1) is 6.10 Å². The number of benzene rings is 1. The summed E-state index contributed by atoms with van der Waals surface area (Å²) in [6.45, 7) is 9.05. The van der Waals surface area contributed by atoms with Crippen molar-refractivity contribution in [2.75, 3.05) is 0 Å². The minimum atomic E-state index is -0.0433. The lowest BCUT2D eigenvalue weighted by Crippen LogP contribution is -2.20. The van der Waals surface area contributed by atoms with Gasteiger partial charge in [-0.2, -0.15) is 0 Å². The van der Waals surface area contributed by atoms with E-state index in [1.807, 2.05) is 0 Å². The van der Waals surface area contributed by atoms with E-state index >= 15 is 0 Å². The Hall–Kier alpha value is -0.820. The lowest BCUT2D eigenvalue weighted by Gasteiger charge is -2.27. The summed E-state index contributed by atoms with van der Waals surface area (Å²) in [4.78, 5) is 0. The van der Waals surface area contributed by atoms with Gasteiger partial charge in [-0.1, -0.05) is 39.0 Å². The zero-order chi connectivity index (χ0) is 14.0. The van der Waals surface area contributed by atoms with Crippen LogP contribution >= 0.6 is 0 Å². The number of aryl methyl sites for hydroxylation is 1. The number of aliphatic hydroxyl groups excluding tert-OH is 1. The molecule has 1 saturated carbocycles. The van der Waals surface area contributed by atoms with Gasteiger partial charge >= 0.3 is 0 Å². The third-order valence-corrected chi connectivity index (χ3v) is 4.54. The van der Waals surface area contributed by atoms with E-state index in [1.54, 1.807) is 0 Å². The molecule has 1 heteroatoms. The Labute approximate surface area is 118 Å². The zero-order valence-corrected chi connectivity index (χ0v) is 12.9. The number of rotatable bonds is 2. The summed E-state index contributed by atoms with van der Waals surface area (Å²) in [5.74, 6) is 0.761. The Morgan fingerprint density at radius 1 is 1.11 bits per heavy atom. The number of hydrogen-bond acceptors (Lipinski definition) is 1. The minimum Gasteiger partial charge on any atom is -0.393 e. The van der Waals surface area contributed by atoms with E-state index in [0.717, 1.165) is 18.8 Å². The molecular formula is C18H28O. The maximum Gasteiger partial charge on any atom is 0.0540 e. The van der Waals surface area contributed by atoms with Gasteiger partial charge in [-0.05, 0) is 67.1 Å². The third-order valence-electron chi connectivity index (χ3n) is 4.54. The Morgan fingerprint density at radius 2 is 1.74 bits per heavy atom. The molecule has 0 radical (unpaired) electrons. The Balaban J connectivity index is 2.11. The molecule has 0 heterocycles. The van der Waals surface area contributed by atoms with Crippen LogP contribution in [-0.4, -0.2) is 11.2 Å². The fourth-order valence-corrected chi connectivity index (χ4v) is 3.02. The first-order valence-electron chi connectivity index (χ1n) is 7.64. The molecule has 19 heavy (non-hydrogen) atoms. The molecule has 106 valence electrons. The van der Waals surface area contributed by atoms with Gasteiger partial charge < -0.3 is 5.11 Å². The second-order valence-corrected chi connectivity index (χ2v) is 7.27. The van der Waals surface area contributed by atoms with E-state index in [-0.39, 0.29) is 11.5 Å². The van der Waals surface area contributed by atoms with Crippen molar-refractivity contribution in [3.8, 4) is 0 Å². The van der Waals surface area contributed by atoms with Crippen molar-refractivity contribution in [2.24, 2.45) is 5.92 Å². The van der Waals surface area contributed by atoms with Crippen LogP contribution < -0.4 is 0 Å². The van der Waals surface area contributed by atoms with Crippen LogP contribution in [0.4, 0.5) is 0 Å². The first-order chi connectivity index (χ1) is 8.86. The molecular weight excluding hydrogens is 232 g/mol. The van der Waals surface area contributed by atoms with Gasteiger partial charge in [-0.25, -0.2) is 0 Å². The van der Waals surface area contributed by atoms with Crippen molar-refractivity contribution < 1.29 is 5.11 Å². The van der Waals surface area contributed by atoms with Crippen molar-refractivity contribution in [1.29, 1.82) is 0 Å². The molecule has 1 aliphatic carbocycles. The fraction of sp³-hybridized carbons (Fsp3) is 0.667. The van der Waals surface area contributed by atoms with Crippen LogP contribution in [0.1, 0.15) is 63.1 Å². The van der Waals surface area contributed by atoms with E-state index in [1.165, 1.54) is 36.0 Å². The highest BCUT2D eigenvalue weighted by Gasteiger charge is 2.21. The molecule has 0 amide bonds. The molecule has 1 fully saturated rings. The average Bonchev–Trinajstić information content (AvgIpc) is 2.33. The quantitative estimate of drug-likeness (QED) is 0.836. The van der Waals surface area contributed by atoms with Crippen molar-refractivity contribution in [3.05, 3.63) is 34.9 Å². The summed E-state index contributed by atoms with van der Waals surface area (Å²) in [6.07, 6.45) is 5.48. The highest BCUT2D eigenvalue weighted by molar-refractivity contribution is 5.34. The molecule has 1 aromatic carbocycles. The molecule has 1 nitrogen and oxygen atoms in total. The SMILES string of the molecule is Cc1ccc(C(C)(C)C)cc1CC1CCC(O)CC1. The molecule has 1 N–H and O–H groups in total. The van der Waals surface area contributed by atoms with E-state index in [2.05, 4.69) is 45.9 Å². The molecule has 0 atom stereocenters. The summed E-state index contributed by atoms with van der Waals surface area (Å²) >= 11 is 0. The van der Waals surface area contributed by atoms with Crippen LogP contribution in [0.2, 0.25) is 0 Å². The van der Waals surface area contributed by atoms with Gasteiger partial charge in [0.25, 0.3) is 0 Å². The first-order valence-corrected chi connectivity index (χ1v) is 7.64. The van der Waals surface area contributed by atoms with Crippen molar-refractivity contribution in [2.45, 2.75) is 71.3 Å². The van der Waals surface area contributed by atoms with Gasteiger partial charge in [-0.3, -0.25) is 0 Å². The monoisotopic (exact) mass is 260 g/mol. The van der Waals surface area contributed by atoms with Gasteiger partial charge in [0, 0.05) is 0 Å². The maximum atomic E-state index is 9.60. The summed E-state index contributed by atoms with van der Waals surface area (Å²) in [6, 6.07) is 6.94. The second kappa shape index (κ2) is 5.66. The summed E-state index contributed by atoms with van der Waals surface area (Å²) in [7, 11) is 0. The lowest BCUT2D eigenvalue weighted by molar-refractivity contribution is 0.108. The van der Waals surface area contributed by atoms with E-state index in [9.17, 15) is 5.11 Å². The van der Waals surface area contributed by atoms with Crippen molar-refractivity contribution >= 4 is 0 Å². The summed E-state index contributed by atoms with van der Waals surface area (Å²) < 4.78 is 0. The molecule has 1 aromatic rings. The minimum absolute atomic E-state index is 0.0433. The largest absolute Gasteiger partial charge is 0.393 e. The topological polar surface area (TPSA) is 20.2 Å². The number of aliphatic hydroxyl groups is 1. The average molecular weight is 260 g/mol. The Kier molecular flexibility index (Phi) is 4.35. The van der Waals surface area contributed by atoms with Crippen molar-refractivity contribution in [1.82, 2.24) is 0 Å². The van der Waals surface area contributed by atoms with E-state index < -0.39 is 0 Å². The summed E-state index contributed by atoms with van der Waals surface area (Å²) in [5.41, 5.74) is 4.59. The molecule has 0 spiro atoms. The van der Waals surface area contributed by atoms with Gasteiger partial charge in [0.15, 0.2) is 0 Å². The Morgan fingerprint density at radius 3 is 2.32 bits per heavy atom. The molecule has 0 aromatic heterocycles. The van der Waals surface area contributed by atoms with E-state index in [4.69, 9.17) is 0 Å². The molecule has 2 rings (SSSR count). The van der Waals surface area contributed by atoms with E-state index in [0.29, 0.717) is 0 Å². The molecule has 1 aliphatic rings. The third kappa shape index (κ3) is 3.82. The van der Waals surface area contributed by atoms with Crippen molar-refractivity contribution in [3.63, 3.8) is 0 Å². The molecule has 0 saturated heterocycles. The van der Waals surface area contributed by atoms with Crippen LogP contribution in [0.25, 0.3) is 0 Å². The van der Waals surface area contributed by atoms with Crippen LogP contribution in [-0.2, 0) is 11.8 Å². The molecule has 0 bridgehead atoms. The highest BCUT2D eigenvalue weighted by atomic mass is 16.3. The fourth-order valence-electron chi connectivity index (χ4n) is 3.02.